The minimum Gasteiger partial charge on any atom is -0.357 e. The van der Waals surface area contributed by atoms with E-state index in [1.807, 2.05) is 0 Å². The topological polar surface area (TPSA) is 27.6 Å². The van der Waals surface area contributed by atoms with Crippen LogP contribution < -0.4 is 5.73 Å². The molecule has 0 fully saturated rings. The van der Waals surface area contributed by atoms with Gasteiger partial charge in [0.05, 0.1) is 12.5 Å². The Morgan fingerprint density at radius 2 is 1.05 bits per heavy atom. The number of quaternary nitrogens is 1. The van der Waals surface area contributed by atoms with Gasteiger partial charge in [-0.2, -0.15) is 0 Å². The molecule has 0 aromatic heterocycles. The minimum atomic E-state index is -3.00. The summed E-state index contributed by atoms with van der Waals surface area (Å²) in [5.41, 5.74) is 6.73. The van der Waals surface area contributed by atoms with Crippen molar-refractivity contribution in [2.45, 2.75) is 5.92 Å². The first kappa shape index (κ1) is 18.3. The average molecular weight is 537 g/mol. The molecule has 0 spiro atoms. The van der Waals surface area contributed by atoms with E-state index in [9.17, 15) is 0 Å². The van der Waals surface area contributed by atoms with E-state index >= 15 is 0 Å². The minimum absolute atomic E-state index is 0.424. The van der Waals surface area contributed by atoms with Crippen LogP contribution in [0.15, 0.2) is 60.7 Å². The third-order valence-corrected chi connectivity index (χ3v) is 2.69. The van der Waals surface area contributed by atoms with Crippen molar-refractivity contribution in [2.24, 2.45) is 0 Å². The van der Waals surface area contributed by atoms with Crippen LogP contribution in [0.4, 0.5) is 0 Å². The molecule has 0 unspecified atom stereocenters. The van der Waals surface area contributed by atoms with Crippen LogP contribution in [-0.2, 0) is 12.8 Å². The Labute approximate surface area is 138 Å². The maximum Gasteiger partial charge on any atom is 0.0850 e. The molecule has 0 atom stereocenters. The van der Waals surface area contributed by atoms with Crippen LogP contribution in [0.5, 0.6) is 0 Å². The van der Waals surface area contributed by atoms with Gasteiger partial charge >= 0.3 is 49.6 Å². The Morgan fingerprint density at radius 3 is 1.30 bits per heavy atom. The van der Waals surface area contributed by atoms with Gasteiger partial charge in [0.15, 0.2) is 0 Å². The fourth-order valence-corrected chi connectivity index (χ4v) is 1.90. The van der Waals surface area contributed by atoms with E-state index in [-0.39, 0.29) is 0 Å². The standard InChI is InChI=1S/C14H15N.Au.4ClH/c15-11-14(12-7-3-1-4-8-12)13-9-5-2-6-10-13;;;;;/h1-10,14H,11,15H2;;4*1H/q;+3;;;;/p-3. The fourth-order valence-electron chi connectivity index (χ4n) is 1.90. The molecule has 1 nitrogen and oxygen atoms in total. The van der Waals surface area contributed by atoms with Gasteiger partial charge in [0, 0.05) is 0 Å². The molecule has 2 rings (SSSR count). The molecule has 0 saturated carbocycles. The summed E-state index contributed by atoms with van der Waals surface area (Å²) in [4.78, 5) is 0. The zero-order valence-electron chi connectivity index (χ0n) is 10.6. The molecule has 0 saturated heterocycles. The van der Waals surface area contributed by atoms with E-state index in [1.165, 1.54) is 11.1 Å². The van der Waals surface area contributed by atoms with E-state index in [4.69, 9.17) is 36.8 Å². The van der Waals surface area contributed by atoms with Crippen molar-refractivity contribution in [1.82, 2.24) is 0 Å². The normalized spacial score (nSPS) is 11.7. The molecular weight excluding hydrogens is 521 g/mol. The van der Waals surface area contributed by atoms with E-state index in [0.29, 0.717) is 5.92 Å². The number of halogens is 4. The Bertz CT molecular complexity index is 442. The summed E-state index contributed by atoms with van der Waals surface area (Å²) < 4.78 is 0. The van der Waals surface area contributed by atoms with Crippen LogP contribution in [0.3, 0.4) is 0 Å². The number of hydrogen-bond donors (Lipinski definition) is 1. The van der Waals surface area contributed by atoms with Gasteiger partial charge in [-0.15, -0.1) is 0 Å². The predicted octanol–water partition coefficient (Wildman–Crippen LogP) is 4.82. The summed E-state index contributed by atoms with van der Waals surface area (Å²) in [6.07, 6.45) is 0. The molecule has 0 bridgehead atoms. The molecule has 2 aromatic rings. The second-order valence-electron chi connectivity index (χ2n) is 3.92. The molecule has 20 heavy (non-hydrogen) atoms. The first-order valence-electron chi connectivity index (χ1n) is 5.76. The van der Waals surface area contributed by atoms with E-state index in [0.717, 1.165) is 6.54 Å². The van der Waals surface area contributed by atoms with Crippen molar-refractivity contribution in [3.05, 3.63) is 71.8 Å². The smallest absolute Gasteiger partial charge is 0.0850 e. The molecule has 0 heterocycles. The Hall–Kier alpha value is 0.300. The van der Waals surface area contributed by atoms with Crippen molar-refractivity contribution in [3.63, 3.8) is 0 Å². The van der Waals surface area contributed by atoms with E-state index in [1.54, 1.807) is 0 Å². The number of hydrogen-bond acceptors (Lipinski definition) is 0. The van der Waals surface area contributed by atoms with Gasteiger partial charge in [0.2, 0.25) is 0 Å². The van der Waals surface area contributed by atoms with Gasteiger partial charge < -0.3 is 5.73 Å². The van der Waals surface area contributed by atoms with Gasteiger partial charge in [0.1, 0.15) is 0 Å². The van der Waals surface area contributed by atoms with Crippen molar-refractivity contribution >= 4 is 36.8 Å². The van der Waals surface area contributed by atoms with Crippen molar-refractivity contribution in [1.29, 1.82) is 0 Å². The molecule has 2 aromatic carbocycles. The van der Waals surface area contributed by atoms with Gasteiger partial charge in [-0.05, 0) is 11.1 Å². The maximum atomic E-state index is 5.00. The largest absolute Gasteiger partial charge is 0.357 e. The second-order valence-corrected chi connectivity index (χ2v) is 22.7. The summed E-state index contributed by atoms with van der Waals surface area (Å²) in [5.74, 6) is 0.424. The number of rotatable bonds is 3. The third-order valence-electron chi connectivity index (χ3n) is 2.69. The van der Waals surface area contributed by atoms with Crippen LogP contribution >= 0.6 is 36.8 Å². The van der Waals surface area contributed by atoms with Crippen LogP contribution in [0.1, 0.15) is 17.0 Å². The molecule has 6 heteroatoms. The van der Waals surface area contributed by atoms with Crippen molar-refractivity contribution in [3.8, 4) is 0 Å². The van der Waals surface area contributed by atoms with Gasteiger partial charge in [-0.1, -0.05) is 60.7 Å². The second kappa shape index (κ2) is 9.34. The molecule has 0 aliphatic rings. The summed E-state index contributed by atoms with van der Waals surface area (Å²) in [5, 5.41) is 0. The summed E-state index contributed by atoms with van der Waals surface area (Å²) in [7, 11) is 20.0. The maximum absolute atomic E-state index is 5.00. The van der Waals surface area contributed by atoms with Crippen LogP contribution in [0, 0.1) is 0 Å². The van der Waals surface area contributed by atoms with Gasteiger partial charge in [-0.3, -0.25) is 0 Å². The summed E-state index contributed by atoms with van der Waals surface area (Å²) >= 11 is -3.00. The number of benzene rings is 2. The van der Waals surface area contributed by atoms with Crippen molar-refractivity contribution in [2.75, 3.05) is 6.54 Å². The molecular formula is C14H16AuCl4N. The average Bonchev–Trinajstić information content (AvgIpc) is 2.40. The predicted molar refractivity (Wildman–Crippen MR) is 85.9 cm³/mol. The molecule has 3 N–H and O–H groups in total. The third kappa shape index (κ3) is 7.92. The van der Waals surface area contributed by atoms with Crippen molar-refractivity contribution < 1.29 is 18.5 Å². The van der Waals surface area contributed by atoms with Crippen LogP contribution in [-0.4, -0.2) is 6.54 Å². The fraction of sp³-hybridized carbons (Fsp3) is 0.143. The zero-order valence-corrected chi connectivity index (χ0v) is 15.8. The van der Waals surface area contributed by atoms with Gasteiger partial charge in [0.25, 0.3) is 0 Å². The molecule has 0 radical (unpaired) electrons. The SMILES string of the molecule is [Cl][Au-]([Cl])([Cl])[Cl].[NH3+]CC(c1ccccc1)c1ccccc1. The molecule has 0 aliphatic carbocycles. The summed E-state index contributed by atoms with van der Waals surface area (Å²) in [6, 6.07) is 21.1. The zero-order chi connectivity index (χ0) is 15.0. The van der Waals surface area contributed by atoms with Crippen LogP contribution in [0.2, 0.25) is 0 Å². The van der Waals surface area contributed by atoms with Gasteiger partial charge in [-0.25, -0.2) is 0 Å². The van der Waals surface area contributed by atoms with Crippen LogP contribution in [0.25, 0.3) is 0 Å². The monoisotopic (exact) mass is 535 g/mol. The quantitative estimate of drug-likeness (QED) is 0.545. The first-order chi connectivity index (χ1) is 9.42. The molecule has 116 valence electrons. The molecule has 0 amide bonds. The Balaban J connectivity index is 0.000000347. The first-order valence-corrected chi connectivity index (χ1v) is 16.5. The van der Waals surface area contributed by atoms with E-state index in [2.05, 4.69) is 66.4 Å². The Kier molecular flexibility index (Phi) is 8.57. The Morgan fingerprint density at radius 1 is 0.750 bits per heavy atom. The van der Waals surface area contributed by atoms with E-state index < -0.39 is 12.8 Å². The summed E-state index contributed by atoms with van der Waals surface area (Å²) in [6.45, 7) is 0.897. The molecule has 0 aliphatic heterocycles.